The maximum absolute atomic E-state index is 6.63. The first-order valence-corrected chi connectivity index (χ1v) is 9.53. The predicted octanol–water partition coefficient (Wildman–Crippen LogP) is 6.13. The zero-order valence-corrected chi connectivity index (χ0v) is 15.2. The highest BCUT2D eigenvalue weighted by Crippen LogP contribution is 2.43. The Kier molecular flexibility index (Phi) is 4.52. The Morgan fingerprint density at radius 3 is 2.24 bits per heavy atom. The fourth-order valence-corrected chi connectivity index (χ4v) is 4.30. The molecule has 2 aliphatic rings. The fraction of sp³-hybridized carbons (Fsp3) is 0.391. The molecule has 2 aromatic carbocycles. The Balaban J connectivity index is 1.76. The molecule has 2 aromatic rings. The monoisotopic (exact) mass is 333 g/mol. The Bertz CT molecular complexity index is 759. The summed E-state index contributed by atoms with van der Waals surface area (Å²) in [7, 11) is 0. The molecule has 0 N–H and O–H groups in total. The summed E-state index contributed by atoms with van der Waals surface area (Å²) in [6.07, 6.45) is 6.67. The number of anilines is 1. The molecule has 25 heavy (non-hydrogen) atoms. The second kappa shape index (κ2) is 6.95. The van der Waals surface area contributed by atoms with Gasteiger partial charge in [-0.3, -0.25) is 0 Å². The van der Waals surface area contributed by atoms with E-state index in [1.807, 2.05) is 0 Å². The molecule has 0 radical (unpaired) electrons. The van der Waals surface area contributed by atoms with Crippen LogP contribution in [0.1, 0.15) is 50.2 Å². The Morgan fingerprint density at radius 1 is 0.840 bits per heavy atom. The Morgan fingerprint density at radius 2 is 1.52 bits per heavy atom. The SMILES string of the molecule is CC1=C(c2ccccc2)OC(C2CCCCC2)N1c1ccccc1C. The van der Waals surface area contributed by atoms with Gasteiger partial charge < -0.3 is 9.64 Å². The molecule has 1 aliphatic carbocycles. The number of aryl methyl sites for hydroxylation is 1. The van der Waals surface area contributed by atoms with Crippen molar-refractivity contribution < 1.29 is 4.74 Å². The Hall–Kier alpha value is -2.22. The largest absolute Gasteiger partial charge is 0.467 e. The van der Waals surface area contributed by atoms with E-state index in [4.69, 9.17) is 4.74 Å². The van der Waals surface area contributed by atoms with E-state index in [0.29, 0.717) is 5.92 Å². The molecule has 0 saturated heterocycles. The number of benzene rings is 2. The maximum Gasteiger partial charge on any atom is 0.179 e. The second-order valence-electron chi connectivity index (χ2n) is 7.34. The number of rotatable bonds is 3. The molecule has 2 nitrogen and oxygen atoms in total. The van der Waals surface area contributed by atoms with Gasteiger partial charge in [0.2, 0.25) is 0 Å². The van der Waals surface area contributed by atoms with Crippen LogP contribution < -0.4 is 4.90 Å². The van der Waals surface area contributed by atoms with Crippen molar-refractivity contribution in [2.75, 3.05) is 4.90 Å². The molecule has 1 heterocycles. The van der Waals surface area contributed by atoms with E-state index in [2.05, 4.69) is 73.3 Å². The molecule has 0 aromatic heterocycles. The van der Waals surface area contributed by atoms with Crippen molar-refractivity contribution in [2.24, 2.45) is 5.92 Å². The quantitative estimate of drug-likeness (QED) is 0.670. The molecule has 1 fully saturated rings. The van der Waals surface area contributed by atoms with Gasteiger partial charge in [0.05, 0.1) is 5.70 Å². The standard InChI is InChI=1S/C23H27NO/c1-17-11-9-10-16-21(17)24-18(2)22(19-12-5-3-6-13-19)25-23(24)20-14-7-4-8-15-20/h3,5-6,9-13,16,20,23H,4,7-8,14-15H2,1-2H3. The number of para-hydroxylation sites is 1. The Labute approximate surface area is 151 Å². The van der Waals surface area contributed by atoms with Gasteiger partial charge in [0, 0.05) is 17.2 Å². The minimum Gasteiger partial charge on any atom is -0.467 e. The van der Waals surface area contributed by atoms with Crippen LogP contribution in [0.4, 0.5) is 5.69 Å². The summed E-state index contributed by atoms with van der Waals surface area (Å²) in [6.45, 7) is 4.40. The lowest BCUT2D eigenvalue weighted by Crippen LogP contribution is -2.38. The summed E-state index contributed by atoms with van der Waals surface area (Å²) in [5.74, 6) is 1.64. The van der Waals surface area contributed by atoms with Gasteiger partial charge in [-0.15, -0.1) is 0 Å². The van der Waals surface area contributed by atoms with E-state index >= 15 is 0 Å². The van der Waals surface area contributed by atoms with Crippen molar-refractivity contribution in [1.82, 2.24) is 0 Å². The van der Waals surface area contributed by atoms with Crippen molar-refractivity contribution in [2.45, 2.75) is 52.2 Å². The molecule has 4 rings (SSSR count). The number of ether oxygens (including phenoxy) is 1. The highest BCUT2D eigenvalue weighted by atomic mass is 16.5. The first-order valence-electron chi connectivity index (χ1n) is 9.53. The van der Waals surface area contributed by atoms with Gasteiger partial charge in [-0.2, -0.15) is 0 Å². The molecule has 0 bridgehead atoms. The minimum absolute atomic E-state index is 0.122. The van der Waals surface area contributed by atoms with Crippen molar-refractivity contribution in [1.29, 1.82) is 0 Å². The fourth-order valence-electron chi connectivity index (χ4n) is 4.30. The average Bonchev–Trinajstić information content (AvgIpc) is 3.01. The minimum atomic E-state index is 0.122. The van der Waals surface area contributed by atoms with Crippen LogP contribution in [-0.4, -0.2) is 6.23 Å². The first kappa shape index (κ1) is 16.3. The smallest absolute Gasteiger partial charge is 0.179 e. The van der Waals surface area contributed by atoms with E-state index < -0.39 is 0 Å². The highest BCUT2D eigenvalue weighted by Gasteiger charge is 2.39. The van der Waals surface area contributed by atoms with Gasteiger partial charge in [0.15, 0.2) is 6.23 Å². The predicted molar refractivity (Wildman–Crippen MR) is 104 cm³/mol. The van der Waals surface area contributed by atoms with E-state index in [1.54, 1.807) is 0 Å². The van der Waals surface area contributed by atoms with Crippen molar-refractivity contribution >= 4 is 11.4 Å². The molecule has 1 unspecified atom stereocenters. The second-order valence-corrected chi connectivity index (χ2v) is 7.34. The molecule has 1 atom stereocenters. The van der Waals surface area contributed by atoms with Crippen LogP contribution >= 0.6 is 0 Å². The summed E-state index contributed by atoms with van der Waals surface area (Å²) in [5.41, 5.74) is 5.00. The van der Waals surface area contributed by atoms with E-state index in [0.717, 1.165) is 5.76 Å². The molecular formula is C23H27NO. The first-order chi connectivity index (χ1) is 12.3. The highest BCUT2D eigenvalue weighted by molar-refractivity contribution is 5.73. The average molecular weight is 333 g/mol. The molecule has 2 heteroatoms. The van der Waals surface area contributed by atoms with Crippen molar-refractivity contribution in [3.05, 3.63) is 71.4 Å². The van der Waals surface area contributed by atoms with Crippen LogP contribution in [0.2, 0.25) is 0 Å². The summed E-state index contributed by atoms with van der Waals surface area (Å²) in [5, 5.41) is 0. The van der Waals surface area contributed by atoms with Gasteiger partial charge in [-0.25, -0.2) is 0 Å². The van der Waals surface area contributed by atoms with Crippen LogP contribution in [0.15, 0.2) is 60.3 Å². The van der Waals surface area contributed by atoms with Crippen LogP contribution in [-0.2, 0) is 4.74 Å². The molecule has 1 aliphatic heterocycles. The summed E-state index contributed by atoms with van der Waals surface area (Å²) in [6, 6.07) is 19.2. The summed E-state index contributed by atoms with van der Waals surface area (Å²) in [4.78, 5) is 2.45. The molecule has 0 amide bonds. The lowest BCUT2D eigenvalue weighted by molar-refractivity contribution is 0.101. The zero-order chi connectivity index (χ0) is 17.2. The lowest BCUT2D eigenvalue weighted by atomic mass is 9.87. The number of hydrogen-bond acceptors (Lipinski definition) is 2. The van der Waals surface area contributed by atoms with Gasteiger partial charge in [0.1, 0.15) is 5.76 Å². The normalized spacial score (nSPS) is 21.5. The van der Waals surface area contributed by atoms with Crippen molar-refractivity contribution in [3.8, 4) is 0 Å². The van der Waals surface area contributed by atoms with E-state index in [9.17, 15) is 0 Å². The van der Waals surface area contributed by atoms with Gasteiger partial charge in [-0.1, -0.05) is 67.8 Å². The third-order valence-corrected chi connectivity index (χ3v) is 5.65. The molecule has 130 valence electrons. The number of hydrogen-bond donors (Lipinski definition) is 0. The number of allylic oxidation sites excluding steroid dienone is 1. The van der Waals surface area contributed by atoms with Crippen LogP contribution in [0, 0.1) is 12.8 Å². The van der Waals surface area contributed by atoms with Gasteiger partial charge in [-0.05, 0) is 38.3 Å². The topological polar surface area (TPSA) is 12.5 Å². The molecule has 1 saturated carbocycles. The van der Waals surface area contributed by atoms with Gasteiger partial charge in [0.25, 0.3) is 0 Å². The number of nitrogens with zero attached hydrogens (tertiary/aromatic N) is 1. The maximum atomic E-state index is 6.63. The van der Waals surface area contributed by atoms with Crippen LogP contribution in [0.3, 0.4) is 0 Å². The summed E-state index contributed by atoms with van der Waals surface area (Å²) < 4.78 is 6.63. The third-order valence-electron chi connectivity index (χ3n) is 5.65. The lowest BCUT2D eigenvalue weighted by Gasteiger charge is -2.35. The summed E-state index contributed by atoms with van der Waals surface area (Å²) >= 11 is 0. The molecule has 0 spiro atoms. The van der Waals surface area contributed by atoms with Gasteiger partial charge >= 0.3 is 0 Å². The van der Waals surface area contributed by atoms with E-state index in [1.165, 1.54) is 54.6 Å². The third kappa shape index (κ3) is 3.06. The van der Waals surface area contributed by atoms with Crippen LogP contribution in [0.25, 0.3) is 5.76 Å². The zero-order valence-electron chi connectivity index (χ0n) is 15.2. The van der Waals surface area contributed by atoms with E-state index in [-0.39, 0.29) is 6.23 Å². The van der Waals surface area contributed by atoms with Crippen LogP contribution in [0.5, 0.6) is 0 Å². The molecular weight excluding hydrogens is 306 g/mol. The van der Waals surface area contributed by atoms with Crippen molar-refractivity contribution in [3.63, 3.8) is 0 Å².